The van der Waals surface area contributed by atoms with Crippen LogP contribution in [-0.2, 0) is 0 Å². The summed E-state index contributed by atoms with van der Waals surface area (Å²) in [6, 6.07) is 5.98. The number of aromatic nitrogens is 4. The van der Waals surface area contributed by atoms with E-state index in [-0.39, 0.29) is 29.6 Å². The van der Waals surface area contributed by atoms with Crippen molar-refractivity contribution < 1.29 is 13.9 Å². The van der Waals surface area contributed by atoms with Gasteiger partial charge < -0.3 is 20.3 Å². The summed E-state index contributed by atoms with van der Waals surface area (Å²) in [7, 11) is 1.48. The first-order valence-corrected chi connectivity index (χ1v) is 17.2. The molecule has 1 amide bonds. The lowest BCUT2D eigenvalue weighted by molar-refractivity contribution is 0.0592. The Morgan fingerprint density at radius 2 is 1.81 bits per heavy atom. The Bertz CT molecular complexity index is 1670. The summed E-state index contributed by atoms with van der Waals surface area (Å²) in [5, 5.41) is 15.9. The number of hydrogen-bond donors (Lipinski definition) is 2. The second kappa shape index (κ2) is 14.1. The van der Waals surface area contributed by atoms with Gasteiger partial charge in [-0.2, -0.15) is 10.2 Å². The predicted molar refractivity (Wildman–Crippen MR) is 183 cm³/mol. The lowest BCUT2D eigenvalue weighted by Crippen LogP contribution is -2.53. The van der Waals surface area contributed by atoms with Gasteiger partial charge in [0.15, 0.2) is 11.5 Å². The van der Waals surface area contributed by atoms with Crippen LogP contribution in [0.5, 0.6) is 5.75 Å². The number of piperazine rings is 1. The average molecular weight is 659 g/mol. The lowest BCUT2D eigenvalue weighted by atomic mass is 9.89. The number of benzene rings is 1. The van der Waals surface area contributed by atoms with Gasteiger partial charge in [-0.05, 0) is 65.9 Å². The van der Waals surface area contributed by atoms with Gasteiger partial charge in [0, 0.05) is 56.4 Å². The molecule has 1 saturated heterocycles. The molecule has 0 bridgehead atoms. The van der Waals surface area contributed by atoms with E-state index in [1.165, 1.54) is 19.2 Å². The van der Waals surface area contributed by atoms with Crippen molar-refractivity contribution in [2.24, 2.45) is 0 Å². The number of nitrogens with zero attached hydrogens (tertiary/aromatic N) is 8. The van der Waals surface area contributed by atoms with E-state index in [9.17, 15) is 10.1 Å². The monoisotopic (exact) mass is 658 g/mol. The summed E-state index contributed by atoms with van der Waals surface area (Å²) >= 11 is 0. The molecule has 2 aromatic heterocycles. The number of carbonyl (C=O) groups excluding carboxylic acids is 1. The first kappa shape index (κ1) is 33.6. The molecule has 2 fully saturated rings. The Labute approximate surface area is 282 Å². The van der Waals surface area contributed by atoms with Crippen LogP contribution in [0.15, 0.2) is 24.7 Å². The van der Waals surface area contributed by atoms with E-state index in [0.717, 1.165) is 64.0 Å². The maximum atomic E-state index is 15.6. The number of nitrogens with one attached hydrogen (secondary N) is 2. The standard InChI is InChI=1S/C35H47FN10O2/c1-7-29-32-28(18-37)39-20-45(32)30-19-38-35(42-33(30)46(29)22(4)5)41-27-17-26(36)25(16-31(27)48-6)34(47)40-23-8-10-24(11-9-23)44-14-12-43(13-15-44)21(2)3/h16-17,19-24,29H,7-15H2,1-6H3,(H,40,47)(H,38,41,42). The van der Waals surface area contributed by atoms with Crippen LogP contribution in [0, 0.1) is 17.1 Å². The van der Waals surface area contributed by atoms with E-state index in [1.54, 1.807) is 12.5 Å². The van der Waals surface area contributed by atoms with Gasteiger partial charge in [-0.3, -0.25) is 19.2 Å². The summed E-state index contributed by atoms with van der Waals surface area (Å²) in [5.74, 6) is 0.118. The van der Waals surface area contributed by atoms with Crippen molar-refractivity contribution in [3.8, 4) is 17.5 Å². The molecule has 1 atom stereocenters. The van der Waals surface area contributed by atoms with Crippen LogP contribution in [-0.4, -0.2) is 92.7 Å². The molecule has 0 radical (unpaired) electrons. The molecule has 13 heteroatoms. The van der Waals surface area contributed by atoms with Crippen LogP contribution in [0.25, 0.3) is 5.69 Å². The molecule has 2 N–H and O–H groups in total. The fourth-order valence-corrected chi connectivity index (χ4v) is 7.60. The molecule has 1 unspecified atom stereocenters. The highest BCUT2D eigenvalue weighted by molar-refractivity contribution is 5.96. The highest BCUT2D eigenvalue weighted by atomic mass is 19.1. The topological polar surface area (TPSA) is 127 Å². The number of nitriles is 1. The second-order valence-corrected chi connectivity index (χ2v) is 13.6. The molecule has 3 aromatic rings. The van der Waals surface area contributed by atoms with Crippen LogP contribution in [0.2, 0.25) is 0 Å². The summed E-state index contributed by atoms with van der Waals surface area (Å²) in [4.78, 5) is 34.3. The first-order valence-electron chi connectivity index (χ1n) is 17.2. The Balaban J connectivity index is 1.15. The number of fused-ring (bicyclic) bond motifs is 3. The van der Waals surface area contributed by atoms with E-state index in [4.69, 9.17) is 9.72 Å². The van der Waals surface area contributed by atoms with E-state index < -0.39 is 11.7 Å². The molecule has 48 heavy (non-hydrogen) atoms. The van der Waals surface area contributed by atoms with E-state index >= 15 is 4.39 Å². The fraction of sp³-hybridized carbons (Fsp3) is 0.571. The van der Waals surface area contributed by atoms with Gasteiger partial charge in [0.25, 0.3) is 5.91 Å². The van der Waals surface area contributed by atoms with Crippen LogP contribution in [0.3, 0.4) is 0 Å². The Hall–Kier alpha value is -4.28. The van der Waals surface area contributed by atoms with Crippen molar-refractivity contribution >= 4 is 23.4 Å². The van der Waals surface area contributed by atoms with Gasteiger partial charge in [-0.25, -0.2) is 14.4 Å². The molecule has 1 saturated carbocycles. The van der Waals surface area contributed by atoms with Crippen molar-refractivity contribution in [2.75, 3.05) is 43.5 Å². The third-order valence-corrected chi connectivity index (χ3v) is 10.2. The zero-order valence-electron chi connectivity index (χ0n) is 28.8. The van der Waals surface area contributed by atoms with Crippen molar-refractivity contribution in [2.45, 2.75) is 96.9 Å². The summed E-state index contributed by atoms with van der Waals surface area (Å²) in [5.41, 5.74) is 2.15. The summed E-state index contributed by atoms with van der Waals surface area (Å²) in [6.45, 7) is 15.1. The molecule has 1 aliphatic carbocycles. The zero-order valence-corrected chi connectivity index (χ0v) is 28.8. The van der Waals surface area contributed by atoms with Crippen molar-refractivity contribution in [3.63, 3.8) is 0 Å². The summed E-state index contributed by atoms with van der Waals surface area (Å²) < 4.78 is 23.0. The van der Waals surface area contributed by atoms with Crippen LogP contribution in [0.4, 0.5) is 21.8 Å². The van der Waals surface area contributed by atoms with Gasteiger partial charge in [0.1, 0.15) is 29.7 Å². The molecule has 4 heterocycles. The predicted octanol–water partition coefficient (Wildman–Crippen LogP) is 5.17. The first-order chi connectivity index (χ1) is 23.1. The SMILES string of the molecule is CCC1c2c(C#N)ncn2-c2cnc(Nc3cc(F)c(C(=O)NC4CCC(N5CCN(C(C)C)CC5)CC4)cc3OC)nc2N1C(C)C. The molecular formula is C35H47FN10O2. The molecular weight excluding hydrogens is 611 g/mol. The number of methoxy groups -OCH3 is 1. The number of imidazole rings is 1. The molecule has 3 aliphatic rings. The minimum absolute atomic E-state index is 0.00824. The van der Waals surface area contributed by atoms with Crippen molar-refractivity contribution in [3.05, 3.63) is 47.4 Å². The van der Waals surface area contributed by atoms with Gasteiger partial charge in [-0.1, -0.05) is 6.92 Å². The third-order valence-electron chi connectivity index (χ3n) is 10.2. The largest absolute Gasteiger partial charge is 0.495 e. The molecule has 0 spiro atoms. The highest BCUT2D eigenvalue weighted by Gasteiger charge is 2.36. The maximum Gasteiger partial charge on any atom is 0.254 e. The minimum atomic E-state index is -0.660. The fourth-order valence-electron chi connectivity index (χ4n) is 7.60. The minimum Gasteiger partial charge on any atom is -0.495 e. The molecule has 12 nitrogen and oxygen atoms in total. The quantitative estimate of drug-likeness (QED) is 0.318. The Morgan fingerprint density at radius 1 is 1.08 bits per heavy atom. The van der Waals surface area contributed by atoms with E-state index in [0.29, 0.717) is 40.7 Å². The van der Waals surface area contributed by atoms with E-state index in [1.807, 2.05) is 4.57 Å². The van der Waals surface area contributed by atoms with Crippen LogP contribution >= 0.6 is 0 Å². The number of rotatable bonds is 9. The Kier molecular flexibility index (Phi) is 9.85. The Morgan fingerprint density at radius 3 is 2.44 bits per heavy atom. The number of hydrogen-bond acceptors (Lipinski definition) is 10. The second-order valence-electron chi connectivity index (χ2n) is 13.6. The molecule has 256 valence electrons. The van der Waals surface area contributed by atoms with Crippen LogP contribution in [0.1, 0.15) is 94.5 Å². The van der Waals surface area contributed by atoms with Crippen LogP contribution < -0.4 is 20.3 Å². The van der Waals surface area contributed by atoms with Gasteiger partial charge in [-0.15, -0.1) is 0 Å². The number of carbonyl (C=O) groups is 1. The van der Waals surface area contributed by atoms with Crippen molar-refractivity contribution in [1.82, 2.24) is 34.6 Å². The highest BCUT2D eigenvalue weighted by Crippen LogP contribution is 2.42. The van der Waals surface area contributed by atoms with Gasteiger partial charge in [0.2, 0.25) is 5.95 Å². The smallest absolute Gasteiger partial charge is 0.254 e. The summed E-state index contributed by atoms with van der Waals surface area (Å²) in [6.07, 6.45) is 7.84. The normalized spacial score (nSPS) is 21.5. The maximum absolute atomic E-state index is 15.6. The van der Waals surface area contributed by atoms with Gasteiger partial charge >= 0.3 is 0 Å². The number of amides is 1. The number of ether oxygens (including phenoxy) is 1. The number of halogens is 1. The number of anilines is 3. The third kappa shape index (κ3) is 6.43. The molecule has 1 aromatic carbocycles. The molecule has 2 aliphatic heterocycles. The average Bonchev–Trinajstić information content (AvgIpc) is 3.52. The zero-order chi connectivity index (χ0) is 34.1. The van der Waals surface area contributed by atoms with E-state index in [2.05, 4.69) is 76.0 Å². The van der Waals surface area contributed by atoms with Crippen molar-refractivity contribution in [1.29, 1.82) is 5.26 Å². The lowest BCUT2D eigenvalue weighted by Gasteiger charge is -2.43. The van der Waals surface area contributed by atoms with Gasteiger partial charge in [0.05, 0.1) is 36.3 Å². The molecule has 6 rings (SSSR count).